The average Bonchev–Trinajstić information content (AvgIpc) is 2.75. The zero-order chi connectivity index (χ0) is 20.8. The van der Waals surface area contributed by atoms with Crippen molar-refractivity contribution in [3.05, 3.63) is 60.2 Å². The molecule has 0 radical (unpaired) electrons. The maximum Gasteiger partial charge on any atom is 0.321 e. The molecule has 2 aromatic rings. The molecule has 0 aliphatic carbocycles. The second-order valence-electron chi connectivity index (χ2n) is 7.19. The summed E-state index contributed by atoms with van der Waals surface area (Å²) in [7, 11) is 1.75. The van der Waals surface area contributed by atoms with Crippen LogP contribution in [0.1, 0.15) is 18.4 Å². The number of hydrogen-bond donors (Lipinski definition) is 2. The Morgan fingerprint density at radius 3 is 2.24 bits per heavy atom. The maximum atomic E-state index is 12.5. The Kier molecular flexibility index (Phi) is 6.49. The minimum absolute atomic E-state index is 0.0192. The molecular formula is C22H25N3O4. The molecule has 0 atom stereocenters. The van der Waals surface area contributed by atoms with Gasteiger partial charge in [-0.25, -0.2) is 4.79 Å². The lowest BCUT2D eigenvalue weighted by Crippen LogP contribution is -2.42. The Morgan fingerprint density at radius 1 is 1.03 bits per heavy atom. The number of aliphatic carboxylic acids is 1. The van der Waals surface area contributed by atoms with E-state index < -0.39 is 5.97 Å². The van der Waals surface area contributed by atoms with Crippen LogP contribution in [0, 0.1) is 5.92 Å². The first-order valence-corrected chi connectivity index (χ1v) is 9.63. The number of carbonyl (C=O) groups is 3. The van der Waals surface area contributed by atoms with Crippen LogP contribution in [0.2, 0.25) is 0 Å². The number of para-hydroxylation sites is 1. The van der Waals surface area contributed by atoms with E-state index in [0.29, 0.717) is 31.6 Å². The molecular weight excluding hydrogens is 370 g/mol. The van der Waals surface area contributed by atoms with Crippen molar-refractivity contribution in [3.63, 3.8) is 0 Å². The minimum Gasteiger partial charge on any atom is -0.481 e. The highest BCUT2D eigenvalue weighted by atomic mass is 16.4. The molecule has 1 heterocycles. The van der Waals surface area contributed by atoms with Gasteiger partial charge < -0.3 is 20.2 Å². The highest BCUT2D eigenvalue weighted by Crippen LogP contribution is 2.19. The van der Waals surface area contributed by atoms with E-state index in [0.717, 1.165) is 11.3 Å². The predicted molar refractivity (Wildman–Crippen MR) is 111 cm³/mol. The lowest BCUT2D eigenvalue weighted by Gasteiger charge is -2.30. The van der Waals surface area contributed by atoms with Gasteiger partial charge in [0.25, 0.3) is 0 Å². The quantitative estimate of drug-likeness (QED) is 0.813. The van der Waals surface area contributed by atoms with Crippen molar-refractivity contribution in [2.75, 3.05) is 30.4 Å². The second kappa shape index (κ2) is 9.23. The van der Waals surface area contributed by atoms with Gasteiger partial charge in [0, 0.05) is 31.5 Å². The van der Waals surface area contributed by atoms with Crippen LogP contribution in [0.15, 0.2) is 54.6 Å². The first kappa shape index (κ1) is 20.4. The molecule has 2 aromatic carbocycles. The van der Waals surface area contributed by atoms with Gasteiger partial charge in [0.05, 0.1) is 12.3 Å². The third-order valence-electron chi connectivity index (χ3n) is 5.21. The molecule has 7 nitrogen and oxygen atoms in total. The number of urea groups is 1. The molecule has 3 rings (SSSR count). The lowest BCUT2D eigenvalue weighted by molar-refractivity contribution is -0.143. The number of rotatable bonds is 5. The van der Waals surface area contributed by atoms with Gasteiger partial charge in [0.2, 0.25) is 5.91 Å². The summed E-state index contributed by atoms with van der Waals surface area (Å²) in [6.45, 7) is 0.864. The van der Waals surface area contributed by atoms with Crippen LogP contribution in [-0.4, -0.2) is 48.1 Å². The molecule has 7 heteroatoms. The third-order valence-corrected chi connectivity index (χ3v) is 5.21. The Labute approximate surface area is 169 Å². The van der Waals surface area contributed by atoms with Gasteiger partial charge in [-0.3, -0.25) is 9.59 Å². The maximum absolute atomic E-state index is 12.5. The third kappa shape index (κ3) is 5.34. The molecule has 1 aliphatic rings. The van der Waals surface area contributed by atoms with Crippen molar-refractivity contribution in [2.45, 2.75) is 19.3 Å². The zero-order valence-electron chi connectivity index (χ0n) is 16.4. The van der Waals surface area contributed by atoms with Gasteiger partial charge in [-0.2, -0.15) is 0 Å². The monoisotopic (exact) mass is 395 g/mol. The summed E-state index contributed by atoms with van der Waals surface area (Å²) in [6.07, 6.45) is 1.21. The van der Waals surface area contributed by atoms with E-state index in [9.17, 15) is 14.4 Å². The van der Waals surface area contributed by atoms with Gasteiger partial charge in [-0.1, -0.05) is 30.3 Å². The number of carbonyl (C=O) groups excluding carboxylic acids is 2. The fourth-order valence-corrected chi connectivity index (χ4v) is 3.33. The van der Waals surface area contributed by atoms with Crippen molar-refractivity contribution >= 4 is 29.3 Å². The van der Waals surface area contributed by atoms with Crippen LogP contribution in [0.25, 0.3) is 0 Å². The molecule has 0 spiro atoms. The Morgan fingerprint density at radius 2 is 1.66 bits per heavy atom. The molecule has 1 aliphatic heterocycles. The number of likely N-dealkylation sites (N-methyl/N-ethyl adjacent to an activating group) is 1. The van der Waals surface area contributed by atoms with E-state index >= 15 is 0 Å². The van der Waals surface area contributed by atoms with E-state index in [2.05, 4.69) is 5.32 Å². The number of piperidine rings is 1. The average molecular weight is 395 g/mol. The smallest absolute Gasteiger partial charge is 0.321 e. The topological polar surface area (TPSA) is 90.0 Å². The van der Waals surface area contributed by atoms with Gasteiger partial charge >= 0.3 is 12.0 Å². The largest absolute Gasteiger partial charge is 0.481 e. The zero-order valence-corrected chi connectivity index (χ0v) is 16.4. The van der Waals surface area contributed by atoms with Crippen LogP contribution in [0.5, 0.6) is 0 Å². The van der Waals surface area contributed by atoms with E-state index in [4.69, 9.17) is 5.11 Å². The summed E-state index contributed by atoms with van der Waals surface area (Å²) in [4.78, 5) is 39.1. The molecule has 1 saturated heterocycles. The van der Waals surface area contributed by atoms with E-state index in [-0.39, 0.29) is 24.3 Å². The number of benzene rings is 2. The lowest BCUT2D eigenvalue weighted by atomic mass is 9.97. The number of likely N-dealkylation sites (tertiary alicyclic amines) is 1. The van der Waals surface area contributed by atoms with Crippen molar-refractivity contribution in [2.24, 2.45) is 5.92 Å². The van der Waals surface area contributed by atoms with Crippen molar-refractivity contribution < 1.29 is 19.5 Å². The van der Waals surface area contributed by atoms with Gasteiger partial charge in [-0.15, -0.1) is 0 Å². The van der Waals surface area contributed by atoms with Crippen molar-refractivity contribution in [3.8, 4) is 0 Å². The molecule has 0 bridgehead atoms. The van der Waals surface area contributed by atoms with Crippen molar-refractivity contribution in [1.29, 1.82) is 0 Å². The van der Waals surface area contributed by atoms with Crippen LogP contribution >= 0.6 is 0 Å². The predicted octanol–water partition coefficient (Wildman–Crippen LogP) is 3.22. The number of carboxylic acids is 1. The normalized spacial score (nSPS) is 14.3. The fourth-order valence-electron chi connectivity index (χ4n) is 3.33. The molecule has 152 valence electrons. The van der Waals surface area contributed by atoms with Crippen molar-refractivity contribution in [1.82, 2.24) is 4.90 Å². The molecule has 0 saturated carbocycles. The fraction of sp³-hybridized carbons (Fsp3) is 0.318. The van der Waals surface area contributed by atoms with Gasteiger partial charge in [0.15, 0.2) is 0 Å². The number of nitrogens with one attached hydrogen (secondary N) is 1. The van der Waals surface area contributed by atoms with Crippen LogP contribution in [0.4, 0.5) is 16.2 Å². The van der Waals surface area contributed by atoms with Crippen LogP contribution in [-0.2, 0) is 16.0 Å². The molecule has 2 N–H and O–H groups in total. The number of nitrogens with zero attached hydrogens (tertiary/aromatic N) is 2. The molecule has 29 heavy (non-hydrogen) atoms. The van der Waals surface area contributed by atoms with Crippen LogP contribution in [0.3, 0.4) is 0 Å². The Hall–Kier alpha value is -3.35. The Balaban J connectivity index is 1.52. The standard InChI is InChI=1S/C22H25N3O4/c1-24(19-5-3-2-4-6-19)20(26)15-16-7-9-18(10-8-16)23-22(29)25-13-11-17(12-14-25)21(27)28/h2-10,17H,11-15H2,1H3,(H,23,29)(H,27,28). The van der Waals surface area contributed by atoms with E-state index in [1.54, 1.807) is 29.0 Å². The SMILES string of the molecule is CN(C(=O)Cc1ccc(NC(=O)N2CCC(C(=O)O)CC2)cc1)c1ccccc1. The summed E-state index contributed by atoms with van der Waals surface area (Å²) < 4.78 is 0. The summed E-state index contributed by atoms with van der Waals surface area (Å²) in [5, 5.41) is 11.9. The van der Waals surface area contributed by atoms with Gasteiger partial charge in [-0.05, 0) is 42.7 Å². The highest BCUT2D eigenvalue weighted by Gasteiger charge is 2.26. The number of amides is 3. The summed E-state index contributed by atoms with van der Waals surface area (Å²) in [5.74, 6) is -1.19. The first-order valence-electron chi connectivity index (χ1n) is 9.63. The van der Waals surface area contributed by atoms with Crippen LogP contribution < -0.4 is 10.2 Å². The summed E-state index contributed by atoms with van der Waals surface area (Å²) in [6, 6.07) is 16.4. The Bertz CT molecular complexity index is 859. The first-order chi connectivity index (χ1) is 13.9. The molecule has 1 fully saturated rings. The van der Waals surface area contributed by atoms with E-state index in [1.165, 1.54) is 0 Å². The number of anilines is 2. The van der Waals surface area contributed by atoms with E-state index in [1.807, 2.05) is 42.5 Å². The summed E-state index contributed by atoms with van der Waals surface area (Å²) in [5.41, 5.74) is 2.34. The molecule has 3 amide bonds. The van der Waals surface area contributed by atoms with Gasteiger partial charge in [0.1, 0.15) is 0 Å². The summed E-state index contributed by atoms with van der Waals surface area (Å²) >= 11 is 0. The number of carboxylic acid groups (broad SMARTS) is 1. The number of hydrogen-bond acceptors (Lipinski definition) is 3. The molecule has 0 unspecified atom stereocenters. The molecule has 0 aromatic heterocycles. The second-order valence-corrected chi connectivity index (χ2v) is 7.19. The highest BCUT2D eigenvalue weighted by molar-refractivity contribution is 5.94. The minimum atomic E-state index is -0.798.